The van der Waals surface area contributed by atoms with Crippen LogP contribution in [0.2, 0.25) is 0 Å². The summed E-state index contributed by atoms with van der Waals surface area (Å²) in [6, 6.07) is 11.1. The number of carbonyl (C=O) groups is 2. The lowest BCUT2D eigenvalue weighted by molar-refractivity contribution is 0.0789. The second-order valence-electron chi connectivity index (χ2n) is 6.57. The first kappa shape index (κ1) is 14.6. The molecule has 3 heterocycles. The Morgan fingerprint density at radius 1 is 1.22 bits per heavy atom. The van der Waals surface area contributed by atoms with Crippen LogP contribution in [0.25, 0.3) is 0 Å². The normalized spacial score (nSPS) is 27.3. The van der Waals surface area contributed by atoms with Gasteiger partial charge in [-0.15, -0.1) is 11.3 Å². The summed E-state index contributed by atoms with van der Waals surface area (Å²) in [7, 11) is 0. The molecule has 1 aromatic heterocycles. The molecule has 1 fully saturated rings. The lowest BCUT2D eigenvalue weighted by atomic mass is 9.78. The molecule has 1 aromatic carbocycles. The number of carbonyl (C=O) groups excluding carboxylic acids is 2. The van der Waals surface area contributed by atoms with Crippen molar-refractivity contribution in [1.82, 2.24) is 10.2 Å². The van der Waals surface area contributed by atoms with E-state index in [1.807, 2.05) is 19.1 Å². The number of hydrogen-bond donors (Lipinski definition) is 1. The van der Waals surface area contributed by atoms with Crippen LogP contribution in [0.3, 0.4) is 0 Å². The van der Waals surface area contributed by atoms with Crippen LogP contribution in [0.1, 0.15) is 32.5 Å². The Hall–Kier alpha value is -1.98. The summed E-state index contributed by atoms with van der Waals surface area (Å²) >= 11 is 1.72. The fourth-order valence-corrected chi connectivity index (χ4v) is 4.45. The van der Waals surface area contributed by atoms with Gasteiger partial charge in [-0.1, -0.05) is 24.3 Å². The second-order valence-corrected chi connectivity index (χ2v) is 7.60. The van der Waals surface area contributed by atoms with Gasteiger partial charge in [0.1, 0.15) is 0 Å². The number of benzene rings is 1. The molecule has 4 rings (SSSR count). The highest BCUT2D eigenvalue weighted by Crippen LogP contribution is 2.37. The molecule has 0 unspecified atom stereocenters. The number of Topliss-reactive ketones (excluding diaryl/α,β-unsaturated/α-hetero) is 1. The van der Waals surface area contributed by atoms with E-state index in [9.17, 15) is 9.59 Å². The van der Waals surface area contributed by atoms with Crippen molar-refractivity contribution in [2.45, 2.75) is 19.5 Å². The zero-order chi connectivity index (χ0) is 16.0. The number of thiophene rings is 1. The Morgan fingerprint density at radius 2 is 2.00 bits per heavy atom. The molecule has 0 spiro atoms. The first-order valence-electron chi connectivity index (χ1n) is 7.77. The zero-order valence-corrected chi connectivity index (χ0v) is 13.7. The van der Waals surface area contributed by atoms with E-state index in [-0.39, 0.29) is 17.7 Å². The molecule has 0 radical (unpaired) electrons. The van der Waals surface area contributed by atoms with Crippen molar-refractivity contribution in [2.24, 2.45) is 5.41 Å². The maximum Gasteiger partial charge on any atom is 0.252 e. The average molecular weight is 326 g/mol. The minimum absolute atomic E-state index is 0.0742. The topological polar surface area (TPSA) is 49.4 Å². The van der Waals surface area contributed by atoms with Gasteiger partial charge < -0.3 is 5.32 Å². The van der Waals surface area contributed by atoms with E-state index in [0.29, 0.717) is 24.2 Å². The number of fused-ring (bicyclic) bond motifs is 2. The fourth-order valence-electron chi connectivity index (χ4n) is 3.70. The maximum absolute atomic E-state index is 13.1. The van der Waals surface area contributed by atoms with Crippen molar-refractivity contribution in [3.8, 4) is 0 Å². The third-order valence-corrected chi connectivity index (χ3v) is 5.82. The van der Waals surface area contributed by atoms with Gasteiger partial charge in [0.05, 0.1) is 17.0 Å². The van der Waals surface area contributed by atoms with Gasteiger partial charge in [-0.2, -0.15) is 0 Å². The van der Waals surface area contributed by atoms with Gasteiger partial charge in [0.2, 0.25) is 0 Å². The van der Waals surface area contributed by atoms with Crippen molar-refractivity contribution in [3.63, 3.8) is 0 Å². The monoisotopic (exact) mass is 326 g/mol. The molecule has 5 heteroatoms. The van der Waals surface area contributed by atoms with Gasteiger partial charge >= 0.3 is 0 Å². The summed E-state index contributed by atoms with van der Waals surface area (Å²) in [5, 5.41) is 5.14. The third kappa shape index (κ3) is 2.31. The Labute approximate surface area is 139 Å². The first-order chi connectivity index (χ1) is 11.1. The quantitative estimate of drug-likeness (QED) is 0.923. The van der Waals surface area contributed by atoms with Crippen molar-refractivity contribution >= 4 is 23.0 Å². The van der Waals surface area contributed by atoms with Gasteiger partial charge in [-0.05, 0) is 24.4 Å². The van der Waals surface area contributed by atoms with E-state index in [2.05, 4.69) is 21.7 Å². The zero-order valence-electron chi connectivity index (χ0n) is 12.9. The first-order valence-corrected chi connectivity index (χ1v) is 8.65. The van der Waals surface area contributed by atoms with Crippen molar-refractivity contribution < 1.29 is 9.59 Å². The third-order valence-electron chi connectivity index (χ3n) is 4.96. The van der Waals surface area contributed by atoms with E-state index in [0.717, 1.165) is 6.54 Å². The number of rotatable bonds is 2. The molecule has 2 aliphatic heterocycles. The Kier molecular flexibility index (Phi) is 3.36. The van der Waals surface area contributed by atoms with Gasteiger partial charge in [0.15, 0.2) is 5.78 Å². The molecule has 1 N–H and O–H groups in total. The molecule has 0 saturated carbocycles. The molecule has 2 atom stereocenters. The molecule has 2 aliphatic rings. The van der Waals surface area contributed by atoms with E-state index in [4.69, 9.17) is 0 Å². The van der Waals surface area contributed by atoms with Crippen LogP contribution in [-0.2, 0) is 6.54 Å². The lowest BCUT2D eigenvalue weighted by Gasteiger charge is -2.27. The SMILES string of the molecule is C[C@]12CN(Cc3cccs3)C[C@H]1NC(=O)c1ccccc1C2=O. The van der Waals surface area contributed by atoms with Crippen LogP contribution in [0.4, 0.5) is 0 Å². The molecule has 1 saturated heterocycles. The smallest absolute Gasteiger partial charge is 0.252 e. The van der Waals surface area contributed by atoms with Gasteiger partial charge in [-0.3, -0.25) is 14.5 Å². The van der Waals surface area contributed by atoms with E-state index in [1.54, 1.807) is 29.5 Å². The fraction of sp³-hybridized carbons (Fsp3) is 0.333. The second kappa shape index (κ2) is 5.28. The molecule has 118 valence electrons. The number of amides is 1. The highest BCUT2D eigenvalue weighted by Gasteiger charge is 2.51. The average Bonchev–Trinajstić information content (AvgIpc) is 3.14. The molecule has 1 amide bonds. The molecular weight excluding hydrogens is 308 g/mol. The molecular formula is C18H18N2O2S. The predicted octanol–water partition coefficient (Wildman–Crippen LogP) is 2.56. The summed E-state index contributed by atoms with van der Waals surface area (Å²) < 4.78 is 0. The van der Waals surface area contributed by atoms with Crippen LogP contribution < -0.4 is 5.32 Å². The van der Waals surface area contributed by atoms with E-state index in [1.165, 1.54) is 4.88 Å². The minimum atomic E-state index is -0.570. The van der Waals surface area contributed by atoms with Gasteiger partial charge in [0.25, 0.3) is 5.91 Å². The largest absolute Gasteiger partial charge is 0.347 e. The predicted molar refractivity (Wildman–Crippen MR) is 89.7 cm³/mol. The highest BCUT2D eigenvalue weighted by atomic mass is 32.1. The van der Waals surface area contributed by atoms with Crippen molar-refractivity contribution in [3.05, 3.63) is 57.8 Å². The number of ketones is 1. The van der Waals surface area contributed by atoms with Crippen molar-refractivity contribution in [1.29, 1.82) is 0 Å². The summed E-state index contributed by atoms with van der Waals surface area (Å²) in [4.78, 5) is 29.1. The Balaban J connectivity index is 1.67. The van der Waals surface area contributed by atoms with Crippen LogP contribution in [0.5, 0.6) is 0 Å². The molecule has 0 bridgehead atoms. The van der Waals surface area contributed by atoms with Crippen molar-refractivity contribution in [2.75, 3.05) is 13.1 Å². The number of nitrogens with one attached hydrogen (secondary N) is 1. The van der Waals surface area contributed by atoms with Gasteiger partial charge in [0, 0.05) is 30.1 Å². The van der Waals surface area contributed by atoms with Crippen LogP contribution in [-0.4, -0.2) is 35.7 Å². The highest BCUT2D eigenvalue weighted by molar-refractivity contribution is 7.09. The van der Waals surface area contributed by atoms with Crippen LogP contribution in [0.15, 0.2) is 41.8 Å². The van der Waals surface area contributed by atoms with E-state index >= 15 is 0 Å². The maximum atomic E-state index is 13.1. The summed E-state index contributed by atoms with van der Waals surface area (Å²) in [6.45, 7) is 4.19. The Bertz CT molecular complexity index is 771. The minimum Gasteiger partial charge on any atom is -0.347 e. The molecule has 0 aliphatic carbocycles. The summed E-state index contributed by atoms with van der Waals surface area (Å²) in [6.07, 6.45) is 0. The standard InChI is InChI=1S/C18H18N2O2S/c1-18-11-20(9-12-5-4-8-23-12)10-15(18)19-17(22)14-7-3-2-6-13(14)16(18)21/h2-8,15H,9-11H2,1H3,(H,19,22)/t15-,18+/m1/s1. The molecule has 4 nitrogen and oxygen atoms in total. The number of hydrogen-bond acceptors (Lipinski definition) is 4. The number of likely N-dealkylation sites (tertiary alicyclic amines) is 1. The van der Waals surface area contributed by atoms with Gasteiger partial charge in [-0.25, -0.2) is 0 Å². The lowest BCUT2D eigenvalue weighted by Crippen LogP contribution is -2.47. The summed E-state index contributed by atoms with van der Waals surface area (Å²) in [5.74, 6) is -0.0641. The molecule has 23 heavy (non-hydrogen) atoms. The summed E-state index contributed by atoms with van der Waals surface area (Å²) in [5.41, 5.74) is 0.477. The van der Waals surface area contributed by atoms with Crippen LogP contribution >= 0.6 is 11.3 Å². The van der Waals surface area contributed by atoms with Crippen LogP contribution in [0, 0.1) is 5.41 Å². The molecule has 2 aromatic rings. The Morgan fingerprint density at radius 3 is 2.74 bits per heavy atom. The number of nitrogens with zero attached hydrogens (tertiary/aromatic N) is 1. The van der Waals surface area contributed by atoms with E-state index < -0.39 is 5.41 Å².